The van der Waals surface area contributed by atoms with Gasteiger partial charge >= 0.3 is 0 Å². The zero-order chi connectivity index (χ0) is 11.3. The summed E-state index contributed by atoms with van der Waals surface area (Å²) in [6.45, 7) is 2.99. The third-order valence-electron chi connectivity index (χ3n) is 2.76. The van der Waals surface area contributed by atoms with Crippen LogP contribution in [0.15, 0.2) is 24.5 Å². The van der Waals surface area contributed by atoms with Gasteiger partial charge in [0.25, 0.3) is 0 Å². The van der Waals surface area contributed by atoms with Gasteiger partial charge in [0.1, 0.15) is 0 Å². The van der Waals surface area contributed by atoms with E-state index in [1.54, 1.807) is 0 Å². The second-order valence-corrected chi connectivity index (χ2v) is 4.24. The van der Waals surface area contributed by atoms with E-state index in [-0.39, 0.29) is 0 Å². The summed E-state index contributed by atoms with van der Waals surface area (Å²) >= 11 is 0. The molecule has 1 aromatic rings. The number of nitrogens with two attached hydrogens (primary N) is 1. The van der Waals surface area contributed by atoms with Crippen molar-refractivity contribution in [2.75, 3.05) is 20.6 Å². The fourth-order valence-corrected chi connectivity index (χ4v) is 2.12. The Labute approximate surface area is 92.3 Å². The molecule has 3 nitrogen and oxygen atoms in total. The van der Waals surface area contributed by atoms with Crippen LogP contribution < -0.4 is 5.73 Å². The van der Waals surface area contributed by atoms with Crippen LogP contribution in [0.25, 0.3) is 0 Å². The van der Waals surface area contributed by atoms with E-state index in [9.17, 15) is 0 Å². The minimum absolute atomic E-state index is 0.427. The molecule has 0 radical (unpaired) electrons. The maximum absolute atomic E-state index is 5.61. The predicted molar refractivity (Wildman–Crippen MR) is 63.5 cm³/mol. The molecule has 1 heterocycles. The van der Waals surface area contributed by atoms with Gasteiger partial charge in [-0.1, -0.05) is 6.92 Å². The Hall–Kier alpha value is -0.930. The zero-order valence-electron chi connectivity index (χ0n) is 9.85. The van der Waals surface area contributed by atoms with Crippen molar-refractivity contribution in [3.05, 3.63) is 30.1 Å². The van der Waals surface area contributed by atoms with Crippen LogP contribution in [0.4, 0.5) is 0 Å². The van der Waals surface area contributed by atoms with Crippen LogP contribution in [-0.2, 0) is 0 Å². The Morgan fingerprint density at radius 2 is 1.93 bits per heavy atom. The van der Waals surface area contributed by atoms with Crippen molar-refractivity contribution in [1.29, 1.82) is 0 Å². The SMILES string of the molecule is CC(CCN)C(c1ccncc1)N(C)C. The van der Waals surface area contributed by atoms with Gasteiger partial charge in [0.05, 0.1) is 0 Å². The number of hydrogen-bond acceptors (Lipinski definition) is 3. The predicted octanol–water partition coefficient (Wildman–Crippen LogP) is 1.67. The normalized spacial score (nSPS) is 15.3. The molecular weight excluding hydrogens is 186 g/mol. The third-order valence-corrected chi connectivity index (χ3v) is 2.76. The lowest BCUT2D eigenvalue weighted by molar-refractivity contribution is 0.216. The average Bonchev–Trinajstić information content (AvgIpc) is 2.19. The van der Waals surface area contributed by atoms with Crippen LogP contribution in [0.1, 0.15) is 24.9 Å². The first-order valence-electron chi connectivity index (χ1n) is 5.43. The van der Waals surface area contributed by atoms with E-state index < -0.39 is 0 Å². The van der Waals surface area contributed by atoms with Crippen LogP contribution in [0.3, 0.4) is 0 Å². The summed E-state index contributed by atoms with van der Waals surface area (Å²) in [4.78, 5) is 6.29. The molecule has 3 heteroatoms. The quantitative estimate of drug-likeness (QED) is 0.798. The lowest BCUT2D eigenvalue weighted by Gasteiger charge is -2.30. The Balaban J connectivity index is 2.83. The summed E-state index contributed by atoms with van der Waals surface area (Å²) in [5, 5.41) is 0. The molecule has 0 aliphatic rings. The van der Waals surface area contributed by atoms with Crippen molar-refractivity contribution in [3.8, 4) is 0 Å². The summed E-state index contributed by atoms with van der Waals surface area (Å²) in [6, 6.07) is 4.59. The van der Waals surface area contributed by atoms with Crippen LogP contribution in [0.2, 0.25) is 0 Å². The molecule has 2 N–H and O–H groups in total. The molecule has 0 amide bonds. The Kier molecular flexibility index (Phi) is 4.72. The van der Waals surface area contributed by atoms with Crippen molar-refractivity contribution in [2.45, 2.75) is 19.4 Å². The highest BCUT2D eigenvalue weighted by atomic mass is 15.1. The second-order valence-electron chi connectivity index (χ2n) is 4.24. The first kappa shape index (κ1) is 12.1. The van der Waals surface area contributed by atoms with Crippen LogP contribution in [0, 0.1) is 5.92 Å². The molecule has 0 aromatic carbocycles. The van der Waals surface area contributed by atoms with Gasteiger partial charge in [0.2, 0.25) is 0 Å². The highest BCUT2D eigenvalue weighted by Crippen LogP contribution is 2.27. The molecule has 0 saturated heterocycles. The fraction of sp³-hybridized carbons (Fsp3) is 0.583. The van der Waals surface area contributed by atoms with Gasteiger partial charge in [-0.05, 0) is 50.7 Å². The average molecular weight is 207 g/mol. The summed E-state index contributed by atoms with van der Waals surface area (Å²) < 4.78 is 0. The zero-order valence-corrected chi connectivity index (χ0v) is 9.85. The lowest BCUT2D eigenvalue weighted by Crippen LogP contribution is -2.27. The summed E-state index contributed by atoms with van der Waals surface area (Å²) in [6.07, 6.45) is 4.74. The van der Waals surface area contributed by atoms with Gasteiger partial charge in [-0.3, -0.25) is 4.98 Å². The molecule has 1 rings (SSSR count). The number of hydrogen-bond donors (Lipinski definition) is 1. The molecule has 0 bridgehead atoms. The number of pyridine rings is 1. The molecule has 15 heavy (non-hydrogen) atoms. The smallest absolute Gasteiger partial charge is 0.0369 e. The highest BCUT2D eigenvalue weighted by molar-refractivity contribution is 5.15. The maximum Gasteiger partial charge on any atom is 0.0369 e. The highest BCUT2D eigenvalue weighted by Gasteiger charge is 2.20. The first-order valence-corrected chi connectivity index (χ1v) is 5.43. The Bertz CT molecular complexity index is 271. The van der Waals surface area contributed by atoms with E-state index in [0.29, 0.717) is 12.0 Å². The van der Waals surface area contributed by atoms with Crippen LogP contribution in [0.5, 0.6) is 0 Å². The number of nitrogens with zero attached hydrogens (tertiary/aromatic N) is 2. The second kappa shape index (κ2) is 5.83. The van der Waals surface area contributed by atoms with Crippen LogP contribution in [-0.4, -0.2) is 30.5 Å². The standard InChI is InChI=1S/C12H21N3/c1-10(4-7-13)12(15(2)3)11-5-8-14-9-6-11/h5-6,8-10,12H,4,7,13H2,1-3H3. The summed E-state index contributed by atoms with van der Waals surface area (Å²) in [7, 11) is 4.22. The molecule has 0 spiro atoms. The first-order chi connectivity index (χ1) is 7.16. The van der Waals surface area contributed by atoms with E-state index in [1.165, 1.54) is 5.56 Å². The van der Waals surface area contributed by atoms with E-state index >= 15 is 0 Å². The van der Waals surface area contributed by atoms with Gasteiger partial charge in [0.15, 0.2) is 0 Å². The molecule has 0 saturated carbocycles. The van der Waals surface area contributed by atoms with Gasteiger partial charge in [0, 0.05) is 18.4 Å². The van der Waals surface area contributed by atoms with E-state index in [1.807, 2.05) is 12.4 Å². The van der Waals surface area contributed by atoms with Gasteiger partial charge < -0.3 is 10.6 Å². The van der Waals surface area contributed by atoms with E-state index in [0.717, 1.165) is 13.0 Å². The largest absolute Gasteiger partial charge is 0.330 e. The maximum atomic E-state index is 5.61. The van der Waals surface area contributed by atoms with Gasteiger partial charge in [-0.2, -0.15) is 0 Å². The third kappa shape index (κ3) is 3.29. The van der Waals surface area contributed by atoms with Gasteiger partial charge in [-0.15, -0.1) is 0 Å². The Morgan fingerprint density at radius 3 is 2.40 bits per heavy atom. The van der Waals surface area contributed by atoms with Crippen LogP contribution >= 0.6 is 0 Å². The molecule has 2 unspecified atom stereocenters. The van der Waals surface area contributed by atoms with E-state index in [2.05, 4.69) is 43.0 Å². The topological polar surface area (TPSA) is 42.1 Å². The molecular formula is C12H21N3. The monoisotopic (exact) mass is 207 g/mol. The lowest BCUT2D eigenvalue weighted by atomic mass is 9.92. The summed E-state index contributed by atoms with van der Waals surface area (Å²) in [5.41, 5.74) is 6.93. The molecule has 2 atom stereocenters. The van der Waals surface area contributed by atoms with Crippen molar-refractivity contribution < 1.29 is 0 Å². The molecule has 1 aromatic heterocycles. The number of aromatic nitrogens is 1. The minimum Gasteiger partial charge on any atom is -0.330 e. The fourth-order valence-electron chi connectivity index (χ4n) is 2.12. The van der Waals surface area contributed by atoms with E-state index in [4.69, 9.17) is 5.73 Å². The minimum atomic E-state index is 0.427. The molecule has 0 fully saturated rings. The van der Waals surface area contributed by atoms with Crippen molar-refractivity contribution in [1.82, 2.24) is 9.88 Å². The molecule has 0 aliphatic heterocycles. The molecule has 84 valence electrons. The number of rotatable bonds is 5. The van der Waals surface area contributed by atoms with Crippen molar-refractivity contribution >= 4 is 0 Å². The van der Waals surface area contributed by atoms with Crippen molar-refractivity contribution in [2.24, 2.45) is 11.7 Å². The summed E-state index contributed by atoms with van der Waals surface area (Å²) in [5.74, 6) is 0.562. The Morgan fingerprint density at radius 1 is 1.33 bits per heavy atom. The van der Waals surface area contributed by atoms with Gasteiger partial charge in [-0.25, -0.2) is 0 Å². The van der Waals surface area contributed by atoms with Crippen molar-refractivity contribution in [3.63, 3.8) is 0 Å². The molecule has 0 aliphatic carbocycles.